The van der Waals surface area contributed by atoms with Gasteiger partial charge in [0.05, 0.1) is 11.3 Å². The molecule has 0 aliphatic carbocycles. The number of thiophene rings is 1. The van der Waals surface area contributed by atoms with Gasteiger partial charge in [0, 0.05) is 0 Å². The number of benzene rings is 1. The fraction of sp³-hybridized carbons (Fsp3) is 0. The highest BCUT2D eigenvalue weighted by Gasteiger charge is 2.19. The Hall–Kier alpha value is -2.44. The number of nitrogens with one attached hydrogen (secondary N) is 1. The van der Waals surface area contributed by atoms with Crippen molar-refractivity contribution >= 4 is 33.0 Å². The van der Waals surface area contributed by atoms with Crippen LogP contribution in [-0.2, 0) is 10.0 Å². The highest BCUT2D eigenvalue weighted by atomic mass is 32.2. The van der Waals surface area contributed by atoms with Crippen molar-refractivity contribution in [3.05, 3.63) is 46.6 Å². The minimum Gasteiger partial charge on any atom is -0.478 e. The second-order valence-corrected chi connectivity index (χ2v) is 6.83. The fourth-order valence-corrected chi connectivity index (χ4v) is 3.62. The number of carboxylic acid groups (broad SMARTS) is 1. The van der Waals surface area contributed by atoms with Crippen LogP contribution in [0.4, 0.5) is 10.1 Å². The average molecular weight is 326 g/mol. The maximum absolute atomic E-state index is 13.6. The Morgan fingerprint density at radius 2 is 2.05 bits per heavy atom. The maximum Gasteiger partial charge on any atom is 0.335 e. The lowest BCUT2D eigenvalue weighted by atomic mass is 10.2. The van der Waals surface area contributed by atoms with E-state index >= 15 is 0 Å². The van der Waals surface area contributed by atoms with E-state index in [9.17, 15) is 17.6 Å². The van der Waals surface area contributed by atoms with Gasteiger partial charge in [0.15, 0.2) is 0 Å². The molecule has 2 rings (SSSR count). The zero-order valence-corrected chi connectivity index (χ0v) is 11.8. The molecule has 21 heavy (non-hydrogen) atoms. The van der Waals surface area contributed by atoms with Gasteiger partial charge in [-0.05, 0) is 30.3 Å². The van der Waals surface area contributed by atoms with Crippen LogP contribution < -0.4 is 4.72 Å². The smallest absolute Gasteiger partial charge is 0.335 e. The van der Waals surface area contributed by atoms with Gasteiger partial charge in [-0.25, -0.2) is 17.6 Å². The molecule has 1 aromatic carbocycles. The molecule has 0 amide bonds. The van der Waals surface area contributed by atoms with Crippen LogP contribution in [0, 0.1) is 17.1 Å². The molecule has 0 unspecified atom stereocenters. The molecule has 0 spiro atoms. The van der Waals surface area contributed by atoms with Crippen molar-refractivity contribution in [2.45, 2.75) is 4.21 Å². The third-order valence-corrected chi connectivity index (χ3v) is 5.26. The fourth-order valence-electron chi connectivity index (χ4n) is 1.46. The summed E-state index contributed by atoms with van der Waals surface area (Å²) in [5.41, 5.74) is -0.722. The molecule has 0 bridgehead atoms. The van der Waals surface area contributed by atoms with Crippen LogP contribution in [-0.4, -0.2) is 19.5 Å². The van der Waals surface area contributed by atoms with Crippen molar-refractivity contribution < 1.29 is 22.7 Å². The van der Waals surface area contributed by atoms with Gasteiger partial charge in [-0.1, -0.05) is 0 Å². The summed E-state index contributed by atoms with van der Waals surface area (Å²) in [5.74, 6) is -2.21. The van der Waals surface area contributed by atoms with E-state index in [1.165, 1.54) is 12.1 Å². The monoisotopic (exact) mass is 326 g/mol. The number of aromatic carboxylic acids is 1. The number of nitriles is 1. The van der Waals surface area contributed by atoms with Gasteiger partial charge in [-0.15, -0.1) is 11.3 Å². The van der Waals surface area contributed by atoms with Crippen LogP contribution in [0.25, 0.3) is 0 Å². The van der Waals surface area contributed by atoms with E-state index in [-0.39, 0.29) is 14.6 Å². The Kier molecular flexibility index (Phi) is 3.93. The number of carboxylic acids is 1. The zero-order chi connectivity index (χ0) is 15.6. The Bertz CT molecular complexity index is 852. The number of rotatable bonds is 4. The summed E-state index contributed by atoms with van der Waals surface area (Å²) in [4.78, 5) is 11.0. The van der Waals surface area contributed by atoms with Crippen LogP contribution in [0.3, 0.4) is 0 Å². The van der Waals surface area contributed by atoms with Gasteiger partial charge in [0.25, 0.3) is 10.0 Å². The summed E-state index contributed by atoms with van der Waals surface area (Å²) >= 11 is 0.725. The first kappa shape index (κ1) is 15.0. The molecule has 2 aromatic rings. The second kappa shape index (κ2) is 5.51. The number of sulfonamides is 1. The number of carbonyl (C=O) groups is 1. The molecule has 9 heteroatoms. The zero-order valence-electron chi connectivity index (χ0n) is 10.2. The predicted molar refractivity (Wildman–Crippen MR) is 73.2 cm³/mol. The van der Waals surface area contributed by atoms with E-state index < -0.39 is 27.5 Å². The molecular weight excluding hydrogens is 319 g/mol. The molecule has 0 aliphatic heterocycles. The number of anilines is 1. The van der Waals surface area contributed by atoms with Crippen molar-refractivity contribution in [1.82, 2.24) is 0 Å². The number of hydrogen-bond donors (Lipinski definition) is 2. The van der Waals surface area contributed by atoms with Crippen molar-refractivity contribution in [1.29, 1.82) is 5.26 Å². The lowest BCUT2D eigenvalue weighted by Crippen LogP contribution is -2.13. The molecule has 1 heterocycles. The number of hydrogen-bond acceptors (Lipinski definition) is 5. The maximum atomic E-state index is 13.6. The molecule has 0 saturated heterocycles. The highest BCUT2D eigenvalue weighted by Crippen LogP contribution is 2.25. The Balaban J connectivity index is 2.39. The van der Waals surface area contributed by atoms with Gasteiger partial charge in [0.2, 0.25) is 0 Å². The summed E-state index contributed by atoms with van der Waals surface area (Å²) in [7, 11) is -4.08. The van der Waals surface area contributed by atoms with E-state index in [2.05, 4.69) is 0 Å². The highest BCUT2D eigenvalue weighted by molar-refractivity contribution is 7.94. The van der Waals surface area contributed by atoms with Gasteiger partial charge < -0.3 is 5.11 Å². The quantitative estimate of drug-likeness (QED) is 0.896. The lowest BCUT2D eigenvalue weighted by Gasteiger charge is -2.08. The summed E-state index contributed by atoms with van der Waals surface area (Å²) < 4.78 is 39.5. The third kappa shape index (κ3) is 3.18. The van der Waals surface area contributed by atoms with Gasteiger partial charge >= 0.3 is 5.97 Å². The first-order chi connectivity index (χ1) is 9.83. The van der Waals surface area contributed by atoms with E-state index in [0.717, 1.165) is 29.5 Å². The first-order valence-electron chi connectivity index (χ1n) is 5.39. The molecular formula is C12H7FN2O4S2. The van der Waals surface area contributed by atoms with Crippen LogP contribution in [0.1, 0.15) is 15.2 Å². The van der Waals surface area contributed by atoms with Gasteiger partial charge in [-0.3, -0.25) is 4.72 Å². The molecule has 0 atom stereocenters. The van der Waals surface area contributed by atoms with E-state index in [1.807, 2.05) is 4.72 Å². The van der Waals surface area contributed by atoms with Crippen LogP contribution in [0.2, 0.25) is 0 Å². The minimum absolute atomic E-state index is 0.167. The van der Waals surface area contributed by atoms with E-state index in [1.54, 1.807) is 6.07 Å². The summed E-state index contributed by atoms with van der Waals surface area (Å²) in [5, 5.41) is 17.5. The van der Waals surface area contributed by atoms with Crippen LogP contribution in [0.5, 0.6) is 0 Å². The number of halogens is 1. The van der Waals surface area contributed by atoms with Crippen molar-refractivity contribution in [3.8, 4) is 6.07 Å². The second-order valence-electron chi connectivity index (χ2n) is 3.84. The average Bonchev–Trinajstić information content (AvgIpc) is 2.90. The standard InChI is InChI=1S/C12H7FN2O4S2/c13-9-3-1-7(12(16)17)5-10(9)15-21(18,19)11-4-2-8(6-14)20-11/h1-5,15H,(H,16,17). The van der Waals surface area contributed by atoms with E-state index in [0.29, 0.717) is 0 Å². The molecule has 0 fully saturated rings. The molecule has 2 N–H and O–H groups in total. The van der Waals surface area contributed by atoms with Gasteiger partial charge in [-0.2, -0.15) is 5.26 Å². The molecule has 0 aliphatic rings. The molecule has 0 saturated carbocycles. The molecule has 108 valence electrons. The molecule has 1 aromatic heterocycles. The number of nitrogens with zero attached hydrogens (tertiary/aromatic N) is 1. The molecule has 0 radical (unpaired) electrons. The SMILES string of the molecule is N#Cc1ccc(S(=O)(=O)Nc2cc(C(=O)O)ccc2F)s1. The topological polar surface area (TPSA) is 107 Å². The van der Waals surface area contributed by atoms with Crippen molar-refractivity contribution in [3.63, 3.8) is 0 Å². The van der Waals surface area contributed by atoms with Crippen LogP contribution in [0.15, 0.2) is 34.5 Å². The Morgan fingerprint density at radius 1 is 1.33 bits per heavy atom. The van der Waals surface area contributed by atoms with Crippen LogP contribution >= 0.6 is 11.3 Å². The summed E-state index contributed by atoms with van der Waals surface area (Å²) in [6, 6.07) is 7.09. The lowest BCUT2D eigenvalue weighted by molar-refractivity contribution is 0.0697. The first-order valence-corrected chi connectivity index (χ1v) is 7.69. The molecule has 6 nitrogen and oxygen atoms in total. The van der Waals surface area contributed by atoms with Crippen molar-refractivity contribution in [2.24, 2.45) is 0 Å². The Morgan fingerprint density at radius 3 is 2.62 bits per heavy atom. The summed E-state index contributed by atoms with van der Waals surface area (Å²) in [6.07, 6.45) is 0. The third-order valence-electron chi connectivity index (χ3n) is 2.41. The van der Waals surface area contributed by atoms with E-state index in [4.69, 9.17) is 10.4 Å². The summed E-state index contributed by atoms with van der Waals surface area (Å²) in [6.45, 7) is 0. The Labute approximate surface area is 123 Å². The largest absolute Gasteiger partial charge is 0.478 e. The van der Waals surface area contributed by atoms with Gasteiger partial charge in [0.1, 0.15) is 21.0 Å². The van der Waals surface area contributed by atoms with Crippen molar-refractivity contribution in [2.75, 3.05) is 4.72 Å². The predicted octanol–water partition coefficient (Wildman–Crippen LogP) is 2.26. The minimum atomic E-state index is -4.08. The normalized spacial score (nSPS) is 10.9.